The maximum atomic E-state index is 15.0. The molecule has 2 saturated carbocycles. The van der Waals surface area contributed by atoms with Crippen LogP contribution >= 0.6 is 11.6 Å². The Hall–Kier alpha value is -2.80. The van der Waals surface area contributed by atoms with E-state index in [-0.39, 0.29) is 35.0 Å². The van der Waals surface area contributed by atoms with Crippen molar-refractivity contribution in [3.63, 3.8) is 0 Å². The Bertz CT molecular complexity index is 1180. The molecule has 2 aromatic rings. The fourth-order valence-corrected chi connectivity index (χ4v) is 5.94. The van der Waals surface area contributed by atoms with E-state index in [1.165, 1.54) is 19.2 Å². The lowest BCUT2D eigenvalue weighted by Crippen LogP contribution is -2.40. The highest BCUT2D eigenvalue weighted by molar-refractivity contribution is 6.33. The summed E-state index contributed by atoms with van der Waals surface area (Å²) >= 11 is 6.47. The molecular weight excluding hydrogens is 455 g/mol. The molecule has 3 aliphatic rings. The molecule has 1 aromatic carbocycles. The molecule has 1 aliphatic heterocycles. The van der Waals surface area contributed by atoms with Gasteiger partial charge >= 0.3 is 0 Å². The van der Waals surface area contributed by atoms with Crippen LogP contribution in [0.1, 0.15) is 63.9 Å². The Balaban J connectivity index is 1.38. The molecule has 2 heterocycles. The summed E-state index contributed by atoms with van der Waals surface area (Å²) in [5, 5.41) is 6.20. The van der Waals surface area contributed by atoms with Crippen molar-refractivity contribution in [3.05, 3.63) is 40.8 Å². The van der Waals surface area contributed by atoms with Crippen molar-refractivity contribution in [1.29, 1.82) is 0 Å². The number of nitrogens with zero attached hydrogens (tertiary/aromatic N) is 2. The van der Waals surface area contributed by atoms with E-state index < -0.39 is 0 Å². The first-order chi connectivity index (χ1) is 16.3. The monoisotopic (exact) mass is 482 g/mol. The number of nitrogens with one attached hydrogen (secondary N) is 2. The van der Waals surface area contributed by atoms with Crippen LogP contribution in [0.25, 0.3) is 11.1 Å². The summed E-state index contributed by atoms with van der Waals surface area (Å²) in [6.45, 7) is 1.49. The van der Waals surface area contributed by atoms with Crippen LogP contribution in [-0.2, 0) is 15.0 Å². The van der Waals surface area contributed by atoms with Crippen molar-refractivity contribution in [3.8, 4) is 11.1 Å². The molecule has 1 spiro atoms. The minimum absolute atomic E-state index is 0.00949. The number of amides is 2. The summed E-state index contributed by atoms with van der Waals surface area (Å²) in [5.41, 5.74) is 2.43. The maximum absolute atomic E-state index is 15.0. The molecule has 2 N–H and O–H groups in total. The molecule has 8 heteroatoms. The zero-order valence-corrected chi connectivity index (χ0v) is 19.9. The lowest BCUT2D eigenvalue weighted by Gasteiger charge is -2.28. The molecule has 34 heavy (non-hydrogen) atoms. The highest BCUT2D eigenvalue weighted by Gasteiger charge is 2.40. The predicted octanol–water partition coefficient (Wildman–Crippen LogP) is 5.70. The molecule has 2 fully saturated rings. The summed E-state index contributed by atoms with van der Waals surface area (Å²) < 4.78 is 15.0. The lowest BCUT2D eigenvalue weighted by molar-refractivity contribution is -0.123. The zero-order valence-electron chi connectivity index (χ0n) is 19.2. The van der Waals surface area contributed by atoms with Crippen LogP contribution in [0, 0.1) is 11.7 Å². The average Bonchev–Trinajstić information content (AvgIpc) is 3.43. The largest absolute Gasteiger partial charge is 0.354 e. The second-order valence-electron chi connectivity index (χ2n) is 9.78. The van der Waals surface area contributed by atoms with Crippen LogP contribution in [0.2, 0.25) is 5.02 Å². The van der Waals surface area contributed by atoms with Crippen LogP contribution in [0.3, 0.4) is 0 Å². The average molecular weight is 483 g/mol. The third-order valence-corrected chi connectivity index (χ3v) is 7.71. The van der Waals surface area contributed by atoms with Gasteiger partial charge < -0.3 is 10.6 Å². The number of carbonyl (C=O) groups is 2. The van der Waals surface area contributed by atoms with Gasteiger partial charge in [0.05, 0.1) is 5.02 Å². The van der Waals surface area contributed by atoms with Gasteiger partial charge in [0.2, 0.25) is 11.8 Å². The number of hydrogen-bond donors (Lipinski definition) is 2. The number of carbonyl (C=O) groups excluding carboxylic acids is 2. The number of rotatable bonds is 4. The topological polar surface area (TPSA) is 83.5 Å². The summed E-state index contributed by atoms with van der Waals surface area (Å²) in [4.78, 5) is 33.0. The molecule has 0 bridgehead atoms. The standard InChI is InChI=1S/C26H28ClFN4O2/c1-15(33)31-18-6-4-5-16(9-18)25(34)32-23-12-19(21(27)13-29-23)17-10-20-24(22(28)11-17)30-14-26(20)7-2-3-8-26/h10-14,16,18H,2-9H2,1H3,(H,31,33)(H,29,32,34)/t16-,18+/m0/s1. The molecule has 0 unspecified atom stereocenters. The smallest absolute Gasteiger partial charge is 0.228 e. The van der Waals surface area contributed by atoms with Gasteiger partial charge in [-0.15, -0.1) is 0 Å². The molecule has 5 rings (SSSR count). The van der Waals surface area contributed by atoms with E-state index >= 15 is 4.39 Å². The van der Waals surface area contributed by atoms with E-state index in [4.69, 9.17) is 11.6 Å². The number of anilines is 1. The second kappa shape index (κ2) is 9.10. The number of halogens is 2. The Morgan fingerprint density at radius 3 is 2.71 bits per heavy atom. The van der Waals surface area contributed by atoms with Crippen LogP contribution in [-0.4, -0.2) is 29.1 Å². The molecule has 0 radical (unpaired) electrons. The minimum atomic E-state index is -0.364. The van der Waals surface area contributed by atoms with Gasteiger partial charge in [0.1, 0.15) is 17.3 Å². The van der Waals surface area contributed by atoms with Crippen LogP contribution < -0.4 is 10.6 Å². The predicted molar refractivity (Wildman–Crippen MR) is 131 cm³/mol. The van der Waals surface area contributed by atoms with Gasteiger partial charge in [-0.25, -0.2) is 9.37 Å². The van der Waals surface area contributed by atoms with Crippen molar-refractivity contribution >= 4 is 41.1 Å². The van der Waals surface area contributed by atoms with E-state index in [0.29, 0.717) is 34.1 Å². The second-order valence-corrected chi connectivity index (χ2v) is 10.2. The van der Waals surface area contributed by atoms with Crippen LogP contribution in [0.4, 0.5) is 15.9 Å². The minimum Gasteiger partial charge on any atom is -0.354 e. The van der Waals surface area contributed by atoms with Crippen LogP contribution in [0.5, 0.6) is 0 Å². The van der Waals surface area contributed by atoms with E-state index in [1.807, 2.05) is 12.3 Å². The van der Waals surface area contributed by atoms with Crippen molar-refractivity contribution in [2.24, 2.45) is 10.9 Å². The number of aliphatic imine (C=N–C) groups is 1. The lowest BCUT2D eigenvalue weighted by atomic mass is 9.80. The van der Waals surface area contributed by atoms with Gasteiger partial charge in [0.25, 0.3) is 0 Å². The SMILES string of the molecule is CC(=O)N[C@@H]1CCC[C@H](C(=O)Nc2cc(-c3cc(F)c4c(c3)C3(C=N4)CCCC3)c(Cl)cn2)C1. The van der Waals surface area contributed by atoms with Crippen molar-refractivity contribution in [2.75, 3.05) is 5.32 Å². The van der Waals surface area contributed by atoms with Gasteiger partial charge in [0, 0.05) is 42.3 Å². The normalized spacial score (nSPS) is 22.6. The van der Waals surface area contributed by atoms with E-state index in [0.717, 1.165) is 50.5 Å². The summed E-state index contributed by atoms with van der Waals surface area (Å²) in [7, 11) is 0. The first-order valence-corrected chi connectivity index (χ1v) is 12.4. The third-order valence-electron chi connectivity index (χ3n) is 7.41. The molecule has 1 aromatic heterocycles. The number of hydrogen-bond acceptors (Lipinski definition) is 4. The molecule has 0 saturated heterocycles. The molecule has 2 amide bonds. The Morgan fingerprint density at radius 1 is 1.15 bits per heavy atom. The first-order valence-electron chi connectivity index (χ1n) is 12.0. The Labute approximate surface area is 203 Å². The highest BCUT2D eigenvalue weighted by Crippen LogP contribution is 2.49. The van der Waals surface area contributed by atoms with Gasteiger partial charge in [-0.3, -0.25) is 14.6 Å². The van der Waals surface area contributed by atoms with Crippen LogP contribution in [0.15, 0.2) is 29.4 Å². The first kappa shape index (κ1) is 23.0. The number of benzene rings is 1. The summed E-state index contributed by atoms with van der Waals surface area (Å²) in [5.74, 6) is -0.407. The fourth-order valence-electron chi connectivity index (χ4n) is 5.73. The Morgan fingerprint density at radius 2 is 1.94 bits per heavy atom. The number of fused-ring (bicyclic) bond motifs is 2. The van der Waals surface area contributed by atoms with Gasteiger partial charge in [-0.1, -0.05) is 30.9 Å². The zero-order chi connectivity index (χ0) is 23.9. The third kappa shape index (κ3) is 4.33. The molecular formula is C26H28ClFN4O2. The van der Waals surface area contributed by atoms with Gasteiger partial charge in [0.15, 0.2) is 0 Å². The fraction of sp³-hybridized carbons (Fsp3) is 0.462. The van der Waals surface area contributed by atoms with Crippen molar-refractivity contribution in [1.82, 2.24) is 10.3 Å². The van der Waals surface area contributed by atoms with Gasteiger partial charge in [-0.2, -0.15) is 0 Å². The Kier molecular flexibility index (Phi) is 6.15. The summed E-state index contributed by atoms with van der Waals surface area (Å²) in [6, 6.07) is 5.15. The van der Waals surface area contributed by atoms with Gasteiger partial charge in [-0.05, 0) is 61.4 Å². The van der Waals surface area contributed by atoms with E-state index in [2.05, 4.69) is 20.6 Å². The molecule has 2 aliphatic carbocycles. The molecule has 6 nitrogen and oxygen atoms in total. The molecule has 178 valence electrons. The maximum Gasteiger partial charge on any atom is 0.228 e. The summed E-state index contributed by atoms with van der Waals surface area (Å²) in [6.07, 6.45) is 10.7. The number of pyridine rings is 1. The van der Waals surface area contributed by atoms with Crippen molar-refractivity contribution < 1.29 is 14.0 Å². The highest BCUT2D eigenvalue weighted by atomic mass is 35.5. The molecule has 2 atom stereocenters. The quantitative estimate of drug-likeness (QED) is 0.586. The number of aromatic nitrogens is 1. The van der Waals surface area contributed by atoms with E-state index in [9.17, 15) is 9.59 Å². The van der Waals surface area contributed by atoms with E-state index in [1.54, 1.807) is 6.07 Å². The van der Waals surface area contributed by atoms with Crippen molar-refractivity contribution in [2.45, 2.75) is 69.7 Å².